The van der Waals surface area contributed by atoms with E-state index in [-0.39, 0.29) is 6.04 Å². The van der Waals surface area contributed by atoms with E-state index in [0.29, 0.717) is 0 Å². The van der Waals surface area contributed by atoms with Crippen molar-refractivity contribution in [1.82, 2.24) is 4.98 Å². The number of rotatable bonds is 3. The Balaban J connectivity index is 2.37. The standard InChI is InChI=1S/C22H26N2/c1-6-20(23)19-12-16(5)24-22-17(19)8-7-9-18(22)21-14(3)10-13(2)11-15(21)4/h7-12,20H,6,23H2,1-5H3. The lowest BCUT2D eigenvalue weighted by molar-refractivity contribution is 0.703. The van der Waals surface area contributed by atoms with Crippen LogP contribution >= 0.6 is 0 Å². The SMILES string of the molecule is CCC(N)c1cc(C)nc2c(-c3c(C)cc(C)cc3C)cccc12. The smallest absolute Gasteiger partial charge is 0.0787 e. The highest BCUT2D eigenvalue weighted by Crippen LogP contribution is 2.35. The Labute approximate surface area is 144 Å². The monoisotopic (exact) mass is 318 g/mol. The first-order valence-electron chi connectivity index (χ1n) is 8.66. The van der Waals surface area contributed by atoms with Gasteiger partial charge in [0, 0.05) is 22.7 Å². The fourth-order valence-electron chi connectivity index (χ4n) is 3.74. The molecule has 1 unspecified atom stereocenters. The predicted molar refractivity (Wildman–Crippen MR) is 103 cm³/mol. The number of nitrogens with two attached hydrogens (primary N) is 1. The van der Waals surface area contributed by atoms with E-state index in [1.165, 1.54) is 38.8 Å². The molecule has 0 amide bonds. The van der Waals surface area contributed by atoms with Crippen LogP contribution in [0.1, 0.15) is 47.3 Å². The summed E-state index contributed by atoms with van der Waals surface area (Å²) in [4.78, 5) is 4.88. The van der Waals surface area contributed by atoms with E-state index >= 15 is 0 Å². The minimum absolute atomic E-state index is 0.0460. The van der Waals surface area contributed by atoms with Gasteiger partial charge >= 0.3 is 0 Å². The highest BCUT2D eigenvalue weighted by Gasteiger charge is 2.15. The van der Waals surface area contributed by atoms with E-state index < -0.39 is 0 Å². The van der Waals surface area contributed by atoms with Crippen LogP contribution in [0.5, 0.6) is 0 Å². The average Bonchev–Trinajstić information content (AvgIpc) is 2.53. The summed E-state index contributed by atoms with van der Waals surface area (Å²) in [6.45, 7) is 10.7. The Morgan fingerprint density at radius 1 is 1.00 bits per heavy atom. The molecule has 2 nitrogen and oxygen atoms in total. The molecule has 1 aromatic heterocycles. The van der Waals surface area contributed by atoms with Crippen LogP contribution in [0.4, 0.5) is 0 Å². The first-order chi connectivity index (χ1) is 11.4. The fourth-order valence-corrected chi connectivity index (χ4v) is 3.74. The Bertz CT molecular complexity index is 886. The Hall–Kier alpha value is -2.19. The molecule has 124 valence electrons. The van der Waals surface area contributed by atoms with Gasteiger partial charge in [-0.25, -0.2) is 0 Å². The van der Waals surface area contributed by atoms with Crippen molar-refractivity contribution in [1.29, 1.82) is 0 Å². The van der Waals surface area contributed by atoms with E-state index in [2.05, 4.69) is 71.0 Å². The van der Waals surface area contributed by atoms with Crippen LogP contribution in [0.3, 0.4) is 0 Å². The summed E-state index contributed by atoms with van der Waals surface area (Å²) >= 11 is 0. The van der Waals surface area contributed by atoms with Crippen molar-refractivity contribution in [2.24, 2.45) is 5.73 Å². The van der Waals surface area contributed by atoms with E-state index in [0.717, 1.165) is 17.6 Å². The lowest BCUT2D eigenvalue weighted by atomic mass is 9.90. The third-order valence-corrected chi connectivity index (χ3v) is 4.79. The zero-order valence-electron chi connectivity index (χ0n) is 15.3. The van der Waals surface area contributed by atoms with Crippen molar-refractivity contribution in [2.45, 2.75) is 47.1 Å². The summed E-state index contributed by atoms with van der Waals surface area (Å²) in [5, 5.41) is 1.17. The summed E-state index contributed by atoms with van der Waals surface area (Å²) in [6, 6.07) is 13.1. The topological polar surface area (TPSA) is 38.9 Å². The van der Waals surface area contributed by atoms with Crippen molar-refractivity contribution in [3.8, 4) is 11.1 Å². The largest absolute Gasteiger partial charge is 0.324 e. The normalized spacial score (nSPS) is 12.6. The summed E-state index contributed by atoms with van der Waals surface area (Å²) < 4.78 is 0. The minimum atomic E-state index is 0.0460. The number of hydrogen-bond donors (Lipinski definition) is 1. The van der Waals surface area contributed by atoms with Gasteiger partial charge in [0.05, 0.1) is 5.52 Å². The van der Waals surface area contributed by atoms with E-state index in [1.807, 2.05) is 0 Å². The van der Waals surface area contributed by atoms with Crippen molar-refractivity contribution < 1.29 is 0 Å². The Morgan fingerprint density at radius 2 is 1.67 bits per heavy atom. The molecule has 2 heteroatoms. The van der Waals surface area contributed by atoms with Crippen LogP contribution in [0.2, 0.25) is 0 Å². The van der Waals surface area contributed by atoms with E-state index in [9.17, 15) is 0 Å². The maximum atomic E-state index is 6.37. The van der Waals surface area contributed by atoms with Gasteiger partial charge in [-0.3, -0.25) is 4.98 Å². The second-order valence-corrected chi connectivity index (χ2v) is 6.84. The first-order valence-corrected chi connectivity index (χ1v) is 8.66. The molecule has 0 aliphatic rings. The van der Waals surface area contributed by atoms with E-state index in [1.54, 1.807) is 0 Å². The van der Waals surface area contributed by atoms with Gasteiger partial charge in [-0.05, 0) is 62.4 Å². The zero-order chi connectivity index (χ0) is 17.4. The molecule has 0 fully saturated rings. The minimum Gasteiger partial charge on any atom is -0.324 e. The second-order valence-electron chi connectivity index (χ2n) is 6.84. The number of pyridine rings is 1. The van der Waals surface area contributed by atoms with Gasteiger partial charge in [-0.15, -0.1) is 0 Å². The zero-order valence-corrected chi connectivity index (χ0v) is 15.3. The van der Waals surface area contributed by atoms with E-state index in [4.69, 9.17) is 10.7 Å². The summed E-state index contributed by atoms with van der Waals surface area (Å²) in [6.07, 6.45) is 0.922. The number of fused-ring (bicyclic) bond motifs is 1. The molecular formula is C22H26N2. The van der Waals surface area contributed by atoms with Crippen molar-refractivity contribution in [3.05, 3.63) is 64.3 Å². The number of nitrogens with zero attached hydrogens (tertiary/aromatic N) is 1. The number of benzene rings is 2. The maximum absolute atomic E-state index is 6.37. The molecule has 3 rings (SSSR count). The molecule has 1 atom stereocenters. The van der Waals surface area contributed by atoms with Crippen LogP contribution in [-0.4, -0.2) is 4.98 Å². The molecule has 0 aliphatic carbocycles. The molecule has 0 spiro atoms. The van der Waals surface area contributed by atoms with Crippen LogP contribution < -0.4 is 5.73 Å². The molecule has 0 bridgehead atoms. The van der Waals surface area contributed by atoms with Crippen molar-refractivity contribution in [2.75, 3.05) is 0 Å². The average molecular weight is 318 g/mol. The summed E-state index contributed by atoms with van der Waals surface area (Å²) in [5.74, 6) is 0. The van der Waals surface area contributed by atoms with Gasteiger partial charge in [-0.2, -0.15) is 0 Å². The van der Waals surface area contributed by atoms with Crippen LogP contribution in [0.15, 0.2) is 36.4 Å². The summed E-state index contributed by atoms with van der Waals surface area (Å²) in [7, 11) is 0. The molecule has 3 aromatic rings. The molecule has 0 radical (unpaired) electrons. The van der Waals surface area contributed by atoms with Crippen molar-refractivity contribution >= 4 is 10.9 Å². The summed E-state index contributed by atoms with van der Waals surface area (Å²) in [5.41, 5.74) is 16.0. The maximum Gasteiger partial charge on any atom is 0.0787 e. The predicted octanol–water partition coefficient (Wildman–Crippen LogP) is 5.55. The van der Waals surface area contributed by atoms with Gasteiger partial charge in [0.1, 0.15) is 0 Å². The quantitative estimate of drug-likeness (QED) is 0.688. The van der Waals surface area contributed by atoms with Crippen molar-refractivity contribution in [3.63, 3.8) is 0 Å². The van der Waals surface area contributed by atoms with Gasteiger partial charge in [0.25, 0.3) is 0 Å². The lowest BCUT2D eigenvalue weighted by Crippen LogP contribution is -2.10. The number of aromatic nitrogens is 1. The second kappa shape index (κ2) is 6.37. The lowest BCUT2D eigenvalue weighted by Gasteiger charge is -2.18. The van der Waals surface area contributed by atoms with Gasteiger partial charge < -0.3 is 5.73 Å². The fraction of sp³-hybridized carbons (Fsp3) is 0.318. The first kappa shape index (κ1) is 16.7. The molecule has 0 aliphatic heterocycles. The van der Waals surface area contributed by atoms with Crippen LogP contribution in [0, 0.1) is 27.7 Å². The Kier molecular flexibility index (Phi) is 4.42. The molecule has 24 heavy (non-hydrogen) atoms. The number of hydrogen-bond acceptors (Lipinski definition) is 2. The molecule has 0 saturated heterocycles. The van der Waals surface area contributed by atoms with Gasteiger partial charge in [0.2, 0.25) is 0 Å². The highest BCUT2D eigenvalue weighted by molar-refractivity contribution is 5.97. The number of para-hydroxylation sites is 1. The highest BCUT2D eigenvalue weighted by atomic mass is 14.7. The molecule has 1 heterocycles. The number of aryl methyl sites for hydroxylation is 4. The molecule has 2 aromatic carbocycles. The van der Waals surface area contributed by atoms with Gasteiger partial charge in [-0.1, -0.05) is 42.8 Å². The Morgan fingerprint density at radius 3 is 2.29 bits per heavy atom. The molecule has 0 saturated carbocycles. The molecule has 2 N–H and O–H groups in total. The third-order valence-electron chi connectivity index (χ3n) is 4.79. The van der Waals surface area contributed by atoms with Crippen LogP contribution in [-0.2, 0) is 0 Å². The third kappa shape index (κ3) is 2.83. The molecular weight excluding hydrogens is 292 g/mol. The van der Waals surface area contributed by atoms with Gasteiger partial charge in [0.15, 0.2) is 0 Å². The van der Waals surface area contributed by atoms with Crippen LogP contribution in [0.25, 0.3) is 22.0 Å².